The summed E-state index contributed by atoms with van der Waals surface area (Å²) in [4.78, 5) is 9.01. The summed E-state index contributed by atoms with van der Waals surface area (Å²) < 4.78 is 1.69. The average molecular weight is 401 g/mol. The highest BCUT2D eigenvalue weighted by Crippen LogP contribution is 2.22. The second-order valence-corrected chi connectivity index (χ2v) is 7.18. The number of nitrogens with one attached hydrogen (secondary N) is 3. The number of benzene rings is 1. The van der Waals surface area contributed by atoms with Gasteiger partial charge >= 0.3 is 0 Å². The fourth-order valence-corrected chi connectivity index (χ4v) is 3.54. The Morgan fingerprint density at radius 1 is 1.27 bits per heavy atom. The zero-order valence-electron chi connectivity index (χ0n) is 16.5. The van der Waals surface area contributed by atoms with Crippen LogP contribution >= 0.6 is 0 Å². The van der Waals surface area contributed by atoms with Gasteiger partial charge in [0.15, 0.2) is 11.2 Å². The van der Waals surface area contributed by atoms with Crippen LogP contribution in [0.4, 0.5) is 5.95 Å². The number of allylic oxidation sites excluding steroid dienone is 1. The summed E-state index contributed by atoms with van der Waals surface area (Å²) in [5, 5.41) is 31.1. The smallest absolute Gasteiger partial charge is 0.225 e. The third-order valence-electron chi connectivity index (χ3n) is 5.12. The molecular weight excluding hydrogens is 378 g/mol. The maximum absolute atomic E-state index is 8.61. The zero-order chi connectivity index (χ0) is 20.8. The van der Waals surface area contributed by atoms with Gasteiger partial charge in [-0.1, -0.05) is 30.2 Å². The summed E-state index contributed by atoms with van der Waals surface area (Å²) in [6.07, 6.45) is 9.92. The van der Waals surface area contributed by atoms with E-state index in [1.807, 2.05) is 24.3 Å². The molecule has 1 saturated carbocycles. The van der Waals surface area contributed by atoms with Crippen LogP contribution in [0.1, 0.15) is 37.7 Å². The first-order valence-corrected chi connectivity index (χ1v) is 10.1. The van der Waals surface area contributed by atoms with E-state index in [0.717, 1.165) is 29.7 Å². The molecule has 3 N–H and O–H groups in total. The predicted molar refractivity (Wildman–Crippen MR) is 115 cm³/mol. The van der Waals surface area contributed by atoms with Gasteiger partial charge in [-0.15, -0.1) is 5.10 Å². The molecule has 9 nitrogen and oxygen atoms in total. The van der Waals surface area contributed by atoms with Crippen molar-refractivity contribution in [1.29, 1.82) is 10.7 Å². The Balaban J connectivity index is 1.56. The topological polar surface area (TPSA) is 128 Å². The van der Waals surface area contributed by atoms with E-state index in [-0.39, 0.29) is 0 Å². The van der Waals surface area contributed by atoms with E-state index in [1.165, 1.54) is 19.1 Å². The molecule has 152 valence electrons. The van der Waals surface area contributed by atoms with Crippen LogP contribution in [0, 0.1) is 16.7 Å². The molecule has 0 atom stereocenters. The maximum atomic E-state index is 8.61. The summed E-state index contributed by atoms with van der Waals surface area (Å²) >= 11 is 0. The van der Waals surface area contributed by atoms with Crippen LogP contribution in [0.15, 0.2) is 36.7 Å². The molecule has 1 aliphatic rings. The van der Waals surface area contributed by atoms with Gasteiger partial charge in [-0.05, 0) is 30.5 Å². The van der Waals surface area contributed by atoms with Crippen LogP contribution in [0.2, 0.25) is 0 Å². The van der Waals surface area contributed by atoms with Crippen LogP contribution < -0.4 is 10.6 Å². The summed E-state index contributed by atoms with van der Waals surface area (Å²) in [6.45, 7) is 0.549. The Bertz CT molecular complexity index is 1090. The molecule has 0 aliphatic heterocycles. The first-order chi connectivity index (χ1) is 14.8. The van der Waals surface area contributed by atoms with Crippen molar-refractivity contribution in [1.82, 2.24) is 30.3 Å². The summed E-state index contributed by atoms with van der Waals surface area (Å²) in [5.41, 5.74) is 3.74. The van der Waals surface area contributed by atoms with Crippen LogP contribution in [0.25, 0.3) is 22.4 Å². The lowest BCUT2D eigenvalue weighted by Crippen LogP contribution is -2.16. The largest absolute Gasteiger partial charge is 0.389 e. The number of hydrogen-bond acceptors (Lipinski definition) is 8. The van der Waals surface area contributed by atoms with Crippen molar-refractivity contribution in [2.75, 3.05) is 11.9 Å². The third-order valence-corrected chi connectivity index (χ3v) is 5.12. The van der Waals surface area contributed by atoms with Crippen LogP contribution in [-0.4, -0.2) is 43.8 Å². The average Bonchev–Trinajstić information content (AvgIpc) is 3.44. The predicted octanol–water partition coefficient (Wildman–Crippen LogP) is 3.06. The fourth-order valence-electron chi connectivity index (χ4n) is 3.54. The van der Waals surface area contributed by atoms with E-state index in [2.05, 4.69) is 37.0 Å². The monoisotopic (exact) mass is 401 g/mol. The highest BCUT2D eigenvalue weighted by atomic mass is 15.4. The number of hydrogen-bond donors (Lipinski definition) is 3. The standard InChI is InChI=1S/C21H23N9/c22-10-3-11-24-13-16(12-23)15-6-8-18(9-7-15)30-20-19(28-29-30)14-25-21(27-20)26-17-4-1-2-5-17/h6-9,12-14,17,23-24H,1-5,11H2,(H,25,26,27)/b16-13+,23-12?. The highest BCUT2D eigenvalue weighted by Gasteiger charge is 2.17. The van der Waals surface area contributed by atoms with Crippen LogP contribution in [-0.2, 0) is 0 Å². The number of rotatable bonds is 8. The number of anilines is 1. The molecule has 0 bridgehead atoms. The van der Waals surface area contributed by atoms with Gasteiger partial charge in [0.1, 0.15) is 0 Å². The molecule has 4 rings (SSSR count). The summed E-state index contributed by atoms with van der Waals surface area (Å²) in [5.74, 6) is 0.604. The van der Waals surface area contributed by atoms with Crippen molar-refractivity contribution in [2.24, 2.45) is 0 Å². The van der Waals surface area contributed by atoms with Crippen LogP contribution in [0.3, 0.4) is 0 Å². The second-order valence-electron chi connectivity index (χ2n) is 7.18. The molecule has 0 radical (unpaired) electrons. The minimum absolute atomic E-state index is 0.416. The SMILES string of the molecule is N#CCCN/C=C(\C=N)c1ccc(-n2nnc3cnc(NC4CCCC4)nc32)cc1. The molecule has 1 aromatic carbocycles. The number of nitrogens with zero attached hydrogens (tertiary/aromatic N) is 6. The number of nitriles is 1. The first-order valence-electron chi connectivity index (χ1n) is 10.1. The van der Waals surface area contributed by atoms with Gasteiger partial charge in [0.25, 0.3) is 0 Å². The van der Waals surface area contributed by atoms with Gasteiger partial charge in [-0.3, -0.25) is 0 Å². The maximum Gasteiger partial charge on any atom is 0.225 e. The third kappa shape index (κ3) is 4.27. The van der Waals surface area contributed by atoms with Crippen molar-refractivity contribution >= 4 is 28.9 Å². The summed E-state index contributed by atoms with van der Waals surface area (Å²) in [6, 6.07) is 10.2. The molecule has 30 heavy (non-hydrogen) atoms. The van der Waals surface area contributed by atoms with Crippen LogP contribution in [0.5, 0.6) is 0 Å². The molecule has 1 fully saturated rings. The Morgan fingerprint density at radius 3 is 2.80 bits per heavy atom. The van der Waals surface area contributed by atoms with Gasteiger partial charge in [0.2, 0.25) is 5.95 Å². The lowest BCUT2D eigenvalue weighted by molar-refractivity contribution is 0.744. The van der Waals surface area contributed by atoms with Gasteiger partial charge in [-0.25, -0.2) is 4.98 Å². The number of aromatic nitrogens is 5. The van der Waals surface area contributed by atoms with Crippen molar-refractivity contribution in [3.63, 3.8) is 0 Å². The molecule has 9 heteroatoms. The van der Waals surface area contributed by atoms with Gasteiger partial charge in [0, 0.05) is 30.6 Å². The quantitative estimate of drug-likeness (QED) is 0.391. The Kier molecular flexibility index (Phi) is 5.94. The molecule has 0 spiro atoms. The molecule has 0 amide bonds. The van der Waals surface area contributed by atoms with Gasteiger partial charge in [0.05, 0.1) is 24.4 Å². The Hall–Kier alpha value is -3.80. The van der Waals surface area contributed by atoms with E-state index < -0.39 is 0 Å². The van der Waals surface area contributed by atoms with Crippen molar-refractivity contribution in [3.8, 4) is 11.8 Å². The zero-order valence-corrected chi connectivity index (χ0v) is 16.5. The van der Waals surface area contributed by atoms with Gasteiger partial charge in [-0.2, -0.15) is 14.9 Å². The normalized spacial score (nSPS) is 14.6. The van der Waals surface area contributed by atoms with Crippen molar-refractivity contribution in [3.05, 3.63) is 42.2 Å². The first kappa shape index (κ1) is 19.5. The molecule has 2 heterocycles. The highest BCUT2D eigenvalue weighted by molar-refractivity contribution is 6.08. The Morgan fingerprint density at radius 2 is 2.07 bits per heavy atom. The van der Waals surface area contributed by atoms with E-state index in [1.54, 1.807) is 17.1 Å². The Labute approximate surface area is 174 Å². The molecule has 3 aromatic rings. The lowest BCUT2D eigenvalue weighted by atomic mass is 10.1. The minimum atomic E-state index is 0.416. The van der Waals surface area contributed by atoms with E-state index in [0.29, 0.717) is 36.1 Å². The van der Waals surface area contributed by atoms with E-state index in [4.69, 9.17) is 10.7 Å². The molecule has 1 aliphatic carbocycles. The molecule has 0 unspecified atom stereocenters. The minimum Gasteiger partial charge on any atom is -0.389 e. The molecule has 2 aromatic heterocycles. The van der Waals surface area contributed by atoms with Crippen molar-refractivity contribution in [2.45, 2.75) is 38.1 Å². The summed E-state index contributed by atoms with van der Waals surface area (Å²) in [7, 11) is 0. The molecule has 0 saturated heterocycles. The van der Waals surface area contributed by atoms with Gasteiger partial charge < -0.3 is 16.0 Å². The lowest BCUT2D eigenvalue weighted by Gasteiger charge is -2.11. The van der Waals surface area contributed by atoms with E-state index in [9.17, 15) is 0 Å². The van der Waals surface area contributed by atoms with Crippen molar-refractivity contribution < 1.29 is 0 Å². The van der Waals surface area contributed by atoms with E-state index >= 15 is 0 Å². The second kappa shape index (κ2) is 9.13. The fraction of sp³-hybridized carbons (Fsp3) is 0.333. The molecular formula is C21H23N9. The number of fused-ring (bicyclic) bond motifs is 1.